The van der Waals surface area contributed by atoms with E-state index >= 15 is 0 Å². The van der Waals surface area contributed by atoms with Crippen molar-refractivity contribution in [2.75, 3.05) is 24.4 Å². The van der Waals surface area contributed by atoms with E-state index in [1.54, 1.807) is 37.6 Å². The van der Waals surface area contributed by atoms with Crippen LogP contribution in [0.4, 0.5) is 17.2 Å². The number of carbonyl (C=O) groups is 2. The van der Waals surface area contributed by atoms with Crippen LogP contribution in [0.3, 0.4) is 0 Å². The molecule has 158 valence electrons. The molecule has 2 aromatic carbocycles. The van der Waals surface area contributed by atoms with Gasteiger partial charge in [0.25, 0.3) is 11.8 Å². The summed E-state index contributed by atoms with van der Waals surface area (Å²) in [6, 6.07) is 16.0. The Hall–Kier alpha value is -4.07. The molecule has 3 N–H and O–H groups in total. The van der Waals surface area contributed by atoms with E-state index in [1.165, 1.54) is 0 Å². The topological polar surface area (TPSA) is 102 Å². The largest absolute Gasteiger partial charge is 0.495 e. The number of nitrogens with zero attached hydrogens (tertiary/aromatic N) is 1. The molecule has 0 radical (unpaired) electrons. The lowest BCUT2D eigenvalue weighted by Gasteiger charge is -2.21. The van der Waals surface area contributed by atoms with E-state index in [4.69, 9.17) is 9.47 Å². The summed E-state index contributed by atoms with van der Waals surface area (Å²) in [6.07, 6.45) is 1.62. The van der Waals surface area contributed by atoms with Crippen LogP contribution < -0.4 is 25.4 Å². The highest BCUT2D eigenvalue weighted by atomic mass is 16.5. The number of hydrogen-bond acceptors (Lipinski definition) is 6. The Morgan fingerprint density at radius 3 is 2.87 bits per heavy atom. The molecule has 0 aliphatic carbocycles. The molecule has 3 aromatic rings. The summed E-state index contributed by atoms with van der Waals surface area (Å²) in [7, 11) is 1.58. The smallest absolute Gasteiger partial charge is 0.262 e. The van der Waals surface area contributed by atoms with Crippen molar-refractivity contribution in [3.8, 4) is 11.5 Å². The quantitative estimate of drug-likeness (QED) is 0.565. The van der Waals surface area contributed by atoms with Crippen LogP contribution in [-0.2, 0) is 4.79 Å². The van der Waals surface area contributed by atoms with Gasteiger partial charge < -0.3 is 25.4 Å². The van der Waals surface area contributed by atoms with E-state index in [-0.39, 0.29) is 24.5 Å². The van der Waals surface area contributed by atoms with E-state index in [2.05, 4.69) is 20.9 Å². The summed E-state index contributed by atoms with van der Waals surface area (Å²) in [5.74, 6) is 1.19. The van der Waals surface area contributed by atoms with Crippen molar-refractivity contribution < 1.29 is 19.1 Å². The van der Waals surface area contributed by atoms with E-state index < -0.39 is 0 Å². The number of hydrogen-bond donors (Lipinski definition) is 3. The van der Waals surface area contributed by atoms with Gasteiger partial charge in [-0.15, -0.1) is 0 Å². The minimum atomic E-state index is -0.309. The Morgan fingerprint density at radius 1 is 1.19 bits per heavy atom. The Balaban J connectivity index is 1.53. The van der Waals surface area contributed by atoms with Gasteiger partial charge in [-0.25, -0.2) is 4.98 Å². The Labute approximate surface area is 179 Å². The highest BCUT2D eigenvalue weighted by Gasteiger charge is 2.20. The number of nitrogens with one attached hydrogen (secondary N) is 3. The highest BCUT2D eigenvalue weighted by molar-refractivity contribution is 6.00. The molecular formula is C23H22N4O4. The van der Waals surface area contributed by atoms with Gasteiger partial charge in [0.1, 0.15) is 17.3 Å². The minimum Gasteiger partial charge on any atom is -0.495 e. The molecule has 2 heterocycles. The monoisotopic (exact) mass is 418 g/mol. The second kappa shape index (κ2) is 8.74. The second-order valence-electron chi connectivity index (χ2n) is 7.01. The van der Waals surface area contributed by atoms with Crippen molar-refractivity contribution in [1.82, 2.24) is 10.3 Å². The third-order valence-electron chi connectivity index (χ3n) is 4.90. The van der Waals surface area contributed by atoms with Gasteiger partial charge in [0.15, 0.2) is 6.61 Å². The highest BCUT2D eigenvalue weighted by Crippen LogP contribution is 2.31. The molecule has 0 saturated heterocycles. The molecule has 4 rings (SSSR count). The first-order valence-electron chi connectivity index (χ1n) is 9.77. The molecule has 8 heteroatoms. The zero-order valence-electron chi connectivity index (χ0n) is 17.1. The van der Waals surface area contributed by atoms with Crippen LogP contribution in [0.25, 0.3) is 0 Å². The predicted octanol–water partition coefficient (Wildman–Crippen LogP) is 3.66. The van der Waals surface area contributed by atoms with Crippen LogP contribution in [0.2, 0.25) is 0 Å². The first kappa shape index (κ1) is 20.2. The number of ether oxygens (including phenoxy) is 2. The zero-order chi connectivity index (χ0) is 21.8. The maximum absolute atomic E-state index is 13.0. The molecule has 1 aliphatic rings. The molecule has 31 heavy (non-hydrogen) atoms. The van der Waals surface area contributed by atoms with Gasteiger partial charge in [0.2, 0.25) is 0 Å². The SMILES string of the molecule is COc1ccccc1Nc1ncccc1C(=O)NC(C)c1ccc2c(c1)NC(=O)CO2. The third-order valence-corrected chi connectivity index (χ3v) is 4.90. The molecule has 1 atom stereocenters. The fourth-order valence-corrected chi connectivity index (χ4v) is 3.29. The van der Waals surface area contributed by atoms with Crippen molar-refractivity contribution >= 4 is 29.0 Å². The number of benzene rings is 2. The summed E-state index contributed by atoms with van der Waals surface area (Å²) >= 11 is 0. The number of aromatic nitrogens is 1. The number of fused-ring (bicyclic) bond motifs is 1. The van der Waals surface area contributed by atoms with E-state index in [9.17, 15) is 9.59 Å². The maximum atomic E-state index is 13.0. The molecule has 0 fully saturated rings. The van der Waals surface area contributed by atoms with Crippen LogP contribution in [0.15, 0.2) is 60.8 Å². The summed E-state index contributed by atoms with van der Waals surface area (Å²) in [4.78, 5) is 28.9. The first-order chi connectivity index (χ1) is 15.0. The number of methoxy groups -OCH3 is 1. The van der Waals surface area contributed by atoms with Gasteiger partial charge in [-0.3, -0.25) is 9.59 Å². The summed E-state index contributed by atoms with van der Waals surface area (Å²) in [6.45, 7) is 1.87. The molecule has 0 saturated carbocycles. The Morgan fingerprint density at radius 2 is 2.03 bits per heavy atom. The minimum absolute atomic E-state index is 0.00161. The van der Waals surface area contributed by atoms with Crippen LogP contribution in [0.1, 0.15) is 28.9 Å². The molecule has 1 aromatic heterocycles. The lowest BCUT2D eigenvalue weighted by atomic mass is 10.1. The number of carbonyl (C=O) groups excluding carboxylic acids is 2. The van der Waals surface area contributed by atoms with Crippen molar-refractivity contribution in [1.29, 1.82) is 0 Å². The Kier molecular flexibility index (Phi) is 5.70. The lowest BCUT2D eigenvalue weighted by Crippen LogP contribution is -2.28. The van der Waals surface area contributed by atoms with Crippen LogP contribution in [-0.4, -0.2) is 30.5 Å². The van der Waals surface area contributed by atoms with Crippen LogP contribution in [0, 0.1) is 0 Å². The fraction of sp³-hybridized carbons (Fsp3) is 0.174. The summed E-state index contributed by atoms with van der Waals surface area (Å²) in [5.41, 5.74) is 2.53. The summed E-state index contributed by atoms with van der Waals surface area (Å²) < 4.78 is 10.7. The van der Waals surface area contributed by atoms with E-state index in [0.717, 1.165) is 5.56 Å². The van der Waals surface area contributed by atoms with Gasteiger partial charge in [-0.2, -0.15) is 0 Å². The van der Waals surface area contributed by atoms with Gasteiger partial charge in [0, 0.05) is 6.20 Å². The average Bonchev–Trinajstić information content (AvgIpc) is 2.79. The number of pyridine rings is 1. The van der Waals surface area contributed by atoms with Crippen molar-refractivity contribution in [3.05, 3.63) is 71.9 Å². The van der Waals surface area contributed by atoms with E-state index in [0.29, 0.717) is 34.3 Å². The zero-order valence-corrected chi connectivity index (χ0v) is 17.1. The van der Waals surface area contributed by atoms with Crippen LogP contribution in [0.5, 0.6) is 11.5 Å². The van der Waals surface area contributed by atoms with Gasteiger partial charge in [0.05, 0.1) is 30.1 Å². The molecule has 1 unspecified atom stereocenters. The summed E-state index contributed by atoms with van der Waals surface area (Å²) in [5, 5.41) is 8.93. The lowest BCUT2D eigenvalue weighted by molar-refractivity contribution is -0.118. The van der Waals surface area contributed by atoms with Crippen LogP contribution >= 0.6 is 0 Å². The molecular weight excluding hydrogens is 396 g/mol. The van der Waals surface area contributed by atoms with Crippen molar-refractivity contribution in [2.24, 2.45) is 0 Å². The number of rotatable bonds is 6. The maximum Gasteiger partial charge on any atom is 0.262 e. The van der Waals surface area contributed by atoms with E-state index in [1.807, 2.05) is 37.3 Å². The van der Waals surface area contributed by atoms with Crippen molar-refractivity contribution in [2.45, 2.75) is 13.0 Å². The standard InChI is InChI=1S/C23H22N4O4/c1-14(15-9-10-20-18(12-15)26-21(28)13-31-20)25-23(29)16-6-5-11-24-22(16)27-17-7-3-4-8-19(17)30-2/h3-12,14H,13H2,1-2H3,(H,24,27)(H,25,29)(H,26,28). The Bertz CT molecular complexity index is 1130. The number of amides is 2. The fourth-order valence-electron chi connectivity index (χ4n) is 3.29. The number of anilines is 3. The number of para-hydroxylation sites is 2. The average molecular weight is 418 g/mol. The molecule has 8 nitrogen and oxygen atoms in total. The van der Waals surface area contributed by atoms with Gasteiger partial charge >= 0.3 is 0 Å². The third kappa shape index (κ3) is 4.42. The molecule has 1 aliphatic heterocycles. The normalized spacial score (nSPS) is 13.3. The molecule has 0 spiro atoms. The van der Waals surface area contributed by atoms with Gasteiger partial charge in [-0.1, -0.05) is 18.2 Å². The molecule has 2 amide bonds. The molecule has 0 bridgehead atoms. The predicted molar refractivity (Wildman–Crippen MR) is 117 cm³/mol. The second-order valence-corrected chi connectivity index (χ2v) is 7.01. The first-order valence-corrected chi connectivity index (χ1v) is 9.77. The van der Waals surface area contributed by atoms with Gasteiger partial charge in [-0.05, 0) is 48.9 Å². The van der Waals surface area contributed by atoms with Crippen molar-refractivity contribution in [3.63, 3.8) is 0 Å².